The standard InChI is InChI=1S/C17H19NO3/c19-8-2-4-12-3-1-5-13(9-12)18-16-11-21-17-10-14(20)6-7-15(16)17/h1,3,5-7,9-10,16,18-20H,2,4,8,11H2. The summed E-state index contributed by atoms with van der Waals surface area (Å²) in [6, 6.07) is 13.5. The number of aliphatic hydroxyl groups is 1. The molecule has 0 fully saturated rings. The molecule has 0 radical (unpaired) electrons. The van der Waals surface area contributed by atoms with Gasteiger partial charge in [-0.15, -0.1) is 0 Å². The molecule has 0 bridgehead atoms. The van der Waals surface area contributed by atoms with Crippen LogP contribution in [0.2, 0.25) is 0 Å². The van der Waals surface area contributed by atoms with Gasteiger partial charge in [0, 0.05) is 23.9 Å². The molecular weight excluding hydrogens is 266 g/mol. The molecule has 0 aliphatic carbocycles. The fraction of sp³-hybridized carbons (Fsp3) is 0.294. The summed E-state index contributed by atoms with van der Waals surface area (Å²) in [5.74, 6) is 0.962. The van der Waals surface area contributed by atoms with E-state index in [0.717, 1.165) is 29.8 Å². The molecule has 0 spiro atoms. The van der Waals surface area contributed by atoms with E-state index in [1.807, 2.05) is 18.2 Å². The van der Waals surface area contributed by atoms with Crippen LogP contribution >= 0.6 is 0 Å². The van der Waals surface area contributed by atoms with E-state index < -0.39 is 0 Å². The summed E-state index contributed by atoms with van der Waals surface area (Å²) in [7, 11) is 0. The van der Waals surface area contributed by atoms with Crippen LogP contribution in [0.4, 0.5) is 5.69 Å². The molecule has 1 unspecified atom stereocenters. The highest BCUT2D eigenvalue weighted by Crippen LogP contribution is 2.36. The summed E-state index contributed by atoms with van der Waals surface area (Å²) in [5.41, 5.74) is 3.31. The molecule has 3 rings (SSSR count). The first-order valence-electron chi connectivity index (χ1n) is 7.18. The van der Waals surface area contributed by atoms with Crippen LogP contribution in [0.15, 0.2) is 42.5 Å². The van der Waals surface area contributed by atoms with Crippen molar-refractivity contribution >= 4 is 5.69 Å². The number of aromatic hydroxyl groups is 1. The molecule has 1 heterocycles. The third-order valence-electron chi connectivity index (χ3n) is 3.67. The first kappa shape index (κ1) is 13.8. The van der Waals surface area contributed by atoms with Crippen LogP contribution in [0.1, 0.15) is 23.6 Å². The second-order valence-corrected chi connectivity index (χ2v) is 5.26. The smallest absolute Gasteiger partial charge is 0.128 e. The summed E-state index contributed by atoms with van der Waals surface area (Å²) in [4.78, 5) is 0. The molecule has 2 aromatic rings. The summed E-state index contributed by atoms with van der Waals surface area (Å²) in [5, 5.41) is 21.8. The zero-order valence-corrected chi connectivity index (χ0v) is 11.7. The van der Waals surface area contributed by atoms with E-state index in [-0.39, 0.29) is 18.4 Å². The molecule has 0 amide bonds. The number of rotatable bonds is 5. The SMILES string of the molecule is OCCCc1cccc(NC2COc3cc(O)ccc32)c1. The molecule has 0 saturated carbocycles. The van der Waals surface area contributed by atoms with Gasteiger partial charge in [0.1, 0.15) is 18.1 Å². The minimum atomic E-state index is 0.0914. The number of nitrogens with one attached hydrogen (secondary N) is 1. The number of hydrogen-bond acceptors (Lipinski definition) is 4. The molecule has 4 heteroatoms. The van der Waals surface area contributed by atoms with Crippen LogP contribution in [0.25, 0.3) is 0 Å². The topological polar surface area (TPSA) is 61.7 Å². The third kappa shape index (κ3) is 3.11. The Labute approximate surface area is 124 Å². The van der Waals surface area contributed by atoms with Gasteiger partial charge < -0.3 is 20.3 Å². The lowest BCUT2D eigenvalue weighted by Crippen LogP contribution is -2.12. The van der Waals surface area contributed by atoms with Crippen LogP contribution in [0.5, 0.6) is 11.5 Å². The maximum absolute atomic E-state index is 9.47. The van der Waals surface area contributed by atoms with Gasteiger partial charge in [-0.1, -0.05) is 12.1 Å². The maximum Gasteiger partial charge on any atom is 0.128 e. The average molecular weight is 285 g/mol. The minimum absolute atomic E-state index is 0.0914. The Hall–Kier alpha value is -2.20. The number of fused-ring (bicyclic) bond motifs is 1. The van der Waals surface area contributed by atoms with Crippen molar-refractivity contribution in [1.82, 2.24) is 0 Å². The molecule has 21 heavy (non-hydrogen) atoms. The summed E-state index contributed by atoms with van der Waals surface area (Å²) < 4.78 is 5.60. The van der Waals surface area contributed by atoms with Crippen molar-refractivity contribution in [1.29, 1.82) is 0 Å². The quantitative estimate of drug-likeness (QED) is 0.790. The van der Waals surface area contributed by atoms with Crippen LogP contribution in [-0.2, 0) is 6.42 Å². The Morgan fingerprint density at radius 1 is 1.19 bits per heavy atom. The van der Waals surface area contributed by atoms with Gasteiger partial charge in [-0.05, 0) is 42.7 Å². The number of anilines is 1. The highest BCUT2D eigenvalue weighted by molar-refractivity contribution is 5.52. The van der Waals surface area contributed by atoms with Crippen molar-refractivity contribution in [3.63, 3.8) is 0 Å². The average Bonchev–Trinajstić information content (AvgIpc) is 2.87. The molecule has 0 saturated heterocycles. The van der Waals surface area contributed by atoms with Crippen molar-refractivity contribution in [3.05, 3.63) is 53.6 Å². The number of phenolic OH excluding ortho intramolecular Hbond substituents is 1. The van der Waals surface area contributed by atoms with Crippen molar-refractivity contribution in [2.24, 2.45) is 0 Å². The molecule has 2 aromatic carbocycles. The van der Waals surface area contributed by atoms with E-state index >= 15 is 0 Å². The number of benzene rings is 2. The number of aliphatic hydroxyl groups excluding tert-OH is 1. The second-order valence-electron chi connectivity index (χ2n) is 5.26. The Morgan fingerprint density at radius 3 is 2.95 bits per heavy atom. The molecule has 3 N–H and O–H groups in total. The van der Waals surface area contributed by atoms with Crippen LogP contribution < -0.4 is 10.1 Å². The van der Waals surface area contributed by atoms with E-state index in [9.17, 15) is 5.11 Å². The normalized spacial score (nSPS) is 16.3. The predicted octanol–water partition coefficient (Wildman–Crippen LogP) is 2.86. The Bertz CT molecular complexity index is 627. The van der Waals surface area contributed by atoms with E-state index in [0.29, 0.717) is 6.61 Å². The monoisotopic (exact) mass is 285 g/mol. The van der Waals surface area contributed by atoms with Gasteiger partial charge in [0.2, 0.25) is 0 Å². The molecule has 1 aliphatic heterocycles. The molecule has 0 aromatic heterocycles. The highest BCUT2D eigenvalue weighted by Gasteiger charge is 2.24. The Balaban J connectivity index is 1.73. The fourth-order valence-electron chi connectivity index (χ4n) is 2.62. The number of phenols is 1. The highest BCUT2D eigenvalue weighted by atomic mass is 16.5. The zero-order chi connectivity index (χ0) is 14.7. The molecule has 110 valence electrons. The van der Waals surface area contributed by atoms with Gasteiger partial charge in [0.05, 0.1) is 6.04 Å². The number of hydrogen-bond donors (Lipinski definition) is 3. The van der Waals surface area contributed by atoms with Crippen molar-refractivity contribution < 1.29 is 14.9 Å². The van der Waals surface area contributed by atoms with Gasteiger partial charge in [0.15, 0.2) is 0 Å². The van der Waals surface area contributed by atoms with Crippen LogP contribution in [0.3, 0.4) is 0 Å². The number of ether oxygens (including phenoxy) is 1. The summed E-state index contributed by atoms with van der Waals surface area (Å²) in [6.45, 7) is 0.768. The van der Waals surface area contributed by atoms with Crippen molar-refractivity contribution in [2.45, 2.75) is 18.9 Å². The van der Waals surface area contributed by atoms with Crippen molar-refractivity contribution in [2.75, 3.05) is 18.5 Å². The van der Waals surface area contributed by atoms with E-state index in [2.05, 4.69) is 17.4 Å². The lowest BCUT2D eigenvalue weighted by Gasteiger charge is -2.14. The van der Waals surface area contributed by atoms with Crippen molar-refractivity contribution in [3.8, 4) is 11.5 Å². The molecule has 1 atom stereocenters. The third-order valence-corrected chi connectivity index (χ3v) is 3.67. The van der Waals surface area contributed by atoms with E-state index in [1.54, 1.807) is 12.1 Å². The largest absolute Gasteiger partial charge is 0.508 e. The summed E-state index contributed by atoms with van der Waals surface area (Å²) >= 11 is 0. The van der Waals surface area contributed by atoms with E-state index in [4.69, 9.17) is 9.84 Å². The number of aryl methyl sites for hydroxylation is 1. The van der Waals surface area contributed by atoms with Gasteiger partial charge in [-0.2, -0.15) is 0 Å². The fourth-order valence-corrected chi connectivity index (χ4v) is 2.62. The second kappa shape index (κ2) is 6.06. The van der Waals surface area contributed by atoms with Gasteiger partial charge in [-0.25, -0.2) is 0 Å². The Kier molecular flexibility index (Phi) is 3.97. The van der Waals surface area contributed by atoms with Gasteiger partial charge in [0.25, 0.3) is 0 Å². The maximum atomic E-state index is 9.47. The van der Waals surface area contributed by atoms with Gasteiger partial charge >= 0.3 is 0 Å². The van der Waals surface area contributed by atoms with Gasteiger partial charge in [-0.3, -0.25) is 0 Å². The van der Waals surface area contributed by atoms with Crippen LogP contribution in [0, 0.1) is 0 Å². The molecule has 4 nitrogen and oxygen atoms in total. The summed E-state index contributed by atoms with van der Waals surface area (Å²) in [6.07, 6.45) is 1.65. The van der Waals surface area contributed by atoms with Crippen LogP contribution in [-0.4, -0.2) is 23.4 Å². The first-order valence-corrected chi connectivity index (χ1v) is 7.18. The predicted molar refractivity (Wildman–Crippen MR) is 81.8 cm³/mol. The molecule has 1 aliphatic rings. The Morgan fingerprint density at radius 2 is 2.10 bits per heavy atom. The lowest BCUT2D eigenvalue weighted by molar-refractivity contribution is 0.288. The van der Waals surface area contributed by atoms with E-state index in [1.165, 1.54) is 5.56 Å². The zero-order valence-electron chi connectivity index (χ0n) is 11.7. The first-order chi connectivity index (χ1) is 10.3. The lowest BCUT2D eigenvalue weighted by atomic mass is 10.1. The molecular formula is C17H19NO3. The minimum Gasteiger partial charge on any atom is -0.508 e.